The topological polar surface area (TPSA) is 65.4 Å². The molecule has 2 aliphatic carbocycles. The summed E-state index contributed by atoms with van der Waals surface area (Å²) in [7, 11) is 0. The molecule has 7 heteroatoms. The molecule has 2 saturated heterocycles. The highest BCUT2D eigenvalue weighted by Crippen LogP contribution is 2.51. The molecule has 2 aromatic rings. The Morgan fingerprint density at radius 2 is 1.66 bits per heavy atom. The van der Waals surface area contributed by atoms with Gasteiger partial charge in [0.25, 0.3) is 0 Å². The maximum atomic E-state index is 13.7. The minimum Gasteiger partial charge on any atom is -0.481 e. The molecule has 4 fully saturated rings. The number of carbonyl (C=O) groups is 1. The van der Waals surface area contributed by atoms with Crippen molar-refractivity contribution in [2.75, 3.05) is 26.2 Å². The first kappa shape index (κ1) is 24.1. The number of oxime groups is 1. The number of piperidine rings is 1. The fraction of sp³-hybridized carbons (Fsp3) is 0.548. The van der Waals surface area contributed by atoms with Gasteiger partial charge in [0.15, 0.2) is 5.60 Å². The summed E-state index contributed by atoms with van der Waals surface area (Å²) in [5.74, 6) is 1.34. The van der Waals surface area contributed by atoms with Gasteiger partial charge in [0.2, 0.25) is 0 Å². The molecule has 0 aromatic heterocycles. The molecule has 6 nitrogen and oxygen atoms in total. The number of halogens is 1. The van der Waals surface area contributed by atoms with Gasteiger partial charge in [-0.2, -0.15) is 0 Å². The van der Waals surface area contributed by atoms with E-state index in [0.717, 1.165) is 50.5 Å². The van der Waals surface area contributed by atoms with Crippen LogP contribution in [0.2, 0.25) is 0 Å². The lowest BCUT2D eigenvalue weighted by Gasteiger charge is -2.46. The summed E-state index contributed by atoms with van der Waals surface area (Å²) in [6.45, 7) is 5.92. The molecular weight excluding hydrogens is 481 g/mol. The molecule has 2 aromatic carbocycles. The molecule has 0 amide bonds. The summed E-state index contributed by atoms with van der Waals surface area (Å²) in [4.78, 5) is 22.3. The Morgan fingerprint density at radius 3 is 2.21 bits per heavy atom. The van der Waals surface area contributed by atoms with Crippen LogP contribution in [0.15, 0.2) is 41.6 Å². The van der Waals surface area contributed by atoms with Crippen molar-refractivity contribution in [3.63, 3.8) is 0 Å². The highest BCUT2D eigenvalue weighted by molar-refractivity contribution is 5.85. The van der Waals surface area contributed by atoms with E-state index in [1.807, 2.05) is 19.1 Å². The van der Waals surface area contributed by atoms with Crippen molar-refractivity contribution < 1.29 is 19.1 Å². The van der Waals surface area contributed by atoms with E-state index >= 15 is 0 Å². The minimum atomic E-state index is -0.701. The van der Waals surface area contributed by atoms with E-state index in [-0.39, 0.29) is 11.4 Å². The van der Waals surface area contributed by atoms with Crippen LogP contribution in [-0.2, 0) is 16.2 Å². The van der Waals surface area contributed by atoms with Gasteiger partial charge >= 0.3 is 5.97 Å². The molecule has 0 atom stereocenters. The van der Waals surface area contributed by atoms with E-state index in [9.17, 15) is 14.3 Å². The Bertz CT molecular complexity index is 1250. The summed E-state index contributed by atoms with van der Waals surface area (Å²) < 4.78 is 13.7. The minimum absolute atomic E-state index is 0.182. The molecule has 3 heterocycles. The van der Waals surface area contributed by atoms with Crippen LogP contribution in [-0.4, -0.2) is 58.5 Å². The summed E-state index contributed by atoms with van der Waals surface area (Å²) in [6, 6.07) is 11.9. The molecule has 0 unspecified atom stereocenters. The van der Waals surface area contributed by atoms with Crippen molar-refractivity contribution >= 4 is 11.8 Å². The first-order valence-electron chi connectivity index (χ1n) is 14.2. The van der Waals surface area contributed by atoms with E-state index in [2.05, 4.69) is 27.1 Å². The lowest BCUT2D eigenvalue weighted by atomic mass is 9.80. The maximum absolute atomic E-state index is 13.7. The second-order valence-electron chi connectivity index (χ2n) is 12.7. The first-order chi connectivity index (χ1) is 18.3. The van der Waals surface area contributed by atoms with Gasteiger partial charge in [0, 0.05) is 32.7 Å². The highest BCUT2D eigenvalue weighted by Gasteiger charge is 2.51. The van der Waals surface area contributed by atoms with E-state index in [1.165, 1.54) is 47.9 Å². The van der Waals surface area contributed by atoms with Crippen molar-refractivity contribution in [3.05, 3.63) is 58.9 Å². The predicted octanol–water partition coefficient (Wildman–Crippen LogP) is 5.72. The summed E-state index contributed by atoms with van der Waals surface area (Å²) in [5.41, 5.74) is 5.91. The van der Waals surface area contributed by atoms with E-state index in [1.54, 1.807) is 12.1 Å². The van der Waals surface area contributed by atoms with Crippen LogP contribution in [0, 0.1) is 11.2 Å². The lowest BCUT2D eigenvalue weighted by Crippen LogP contribution is -2.61. The number of nitrogens with zero attached hydrogens (tertiary/aromatic N) is 3. The number of hydrogen-bond acceptors (Lipinski definition) is 5. The van der Waals surface area contributed by atoms with Gasteiger partial charge in [-0.1, -0.05) is 29.4 Å². The second kappa shape index (κ2) is 8.80. The SMILES string of the molecule is CC1(C(=O)O)CCN(C2=NOC3(C2)CN(Cc2cc(C4CC4)c(-c4ccc(F)cc4)c(C4CC4)c2)C3)CC1. The highest BCUT2D eigenvalue weighted by atomic mass is 19.1. The summed E-state index contributed by atoms with van der Waals surface area (Å²) in [6.07, 6.45) is 7.05. The van der Waals surface area contributed by atoms with Crippen molar-refractivity contribution in [2.24, 2.45) is 10.6 Å². The number of likely N-dealkylation sites (tertiary alicyclic amines) is 2. The van der Waals surface area contributed by atoms with E-state index in [0.29, 0.717) is 24.7 Å². The molecule has 38 heavy (non-hydrogen) atoms. The molecule has 0 bridgehead atoms. The molecule has 3 aliphatic heterocycles. The number of amidine groups is 1. The Hall–Kier alpha value is -2.93. The average molecular weight is 518 g/mol. The number of hydrogen-bond donors (Lipinski definition) is 1. The third-order valence-corrected chi connectivity index (χ3v) is 9.43. The lowest BCUT2D eigenvalue weighted by molar-refractivity contribution is -0.150. The van der Waals surface area contributed by atoms with Crippen LogP contribution >= 0.6 is 0 Å². The zero-order chi connectivity index (χ0) is 26.1. The van der Waals surface area contributed by atoms with Gasteiger partial charge in [0.05, 0.1) is 11.8 Å². The van der Waals surface area contributed by atoms with Crippen molar-refractivity contribution in [1.82, 2.24) is 9.80 Å². The average Bonchev–Trinajstić information content (AvgIpc) is 3.82. The van der Waals surface area contributed by atoms with Crippen LogP contribution in [0.1, 0.15) is 80.4 Å². The Labute approximate surface area is 223 Å². The molecule has 5 aliphatic rings. The van der Waals surface area contributed by atoms with Crippen LogP contribution < -0.4 is 0 Å². The zero-order valence-corrected chi connectivity index (χ0v) is 22.1. The van der Waals surface area contributed by atoms with Gasteiger partial charge in [-0.25, -0.2) is 4.39 Å². The molecule has 7 rings (SSSR count). The Kier molecular flexibility index (Phi) is 5.59. The van der Waals surface area contributed by atoms with Gasteiger partial charge in [-0.3, -0.25) is 9.69 Å². The van der Waals surface area contributed by atoms with Crippen molar-refractivity contribution in [1.29, 1.82) is 0 Å². The van der Waals surface area contributed by atoms with Crippen molar-refractivity contribution in [2.45, 2.75) is 75.9 Å². The molecular formula is C31H36FN3O3. The number of rotatable bonds is 6. The largest absolute Gasteiger partial charge is 0.481 e. The second-order valence-corrected chi connectivity index (χ2v) is 12.7. The number of carboxylic acid groups (broad SMARTS) is 1. The standard InChI is InChI=1S/C31H36FN3O3/c1-30(29(36)37)10-12-35(13-11-30)27-16-31(38-33-27)18-34(19-31)17-20-14-25(21-2-3-21)28(26(15-20)22-4-5-22)23-6-8-24(32)9-7-23/h6-9,14-15,21-22H,2-5,10-13,16-19H2,1H3,(H,36,37). The van der Waals surface area contributed by atoms with Crippen molar-refractivity contribution in [3.8, 4) is 11.1 Å². The monoisotopic (exact) mass is 517 g/mol. The quantitative estimate of drug-likeness (QED) is 0.531. The molecule has 200 valence electrons. The Balaban J connectivity index is 1.03. The predicted molar refractivity (Wildman–Crippen MR) is 143 cm³/mol. The third kappa shape index (κ3) is 4.39. The number of aliphatic carboxylic acids is 1. The van der Waals surface area contributed by atoms with Crippen LogP contribution in [0.5, 0.6) is 0 Å². The van der Waals surface area contributed by atoms with Gasteiger partial charge in [0.1, 0.15) is 11.7 Å². The number of carboxylic acids is 1. The van der Waals surface area contributed by atoms with E-state index < -0.39 is 11.4 Å². The summed E-state index contributed by atoms with van der Waals surface area (Å²) >= 11 is 0. The normalized spacial score (nSPS) is 24.2. The maximum Gasteiger partial charge on any atom is 0.309 e. The fourth-order valence-corrected chi connectivity index (χ4v) is 6.68. The number of benzene rings is 2. The van der Waals surface area contributed by atoms with Crippen LogP contribution in [0.3, 0.4) is 0 Å². The zero-order valence-electron chi connectivity index (χ0n) is 22.1. The van der Waals surface area contributed by atoms with Gasteiger partial charge in [-0.15, -0.1) is 0 Å². The molecule has 1 N–H and O–H groups in total. The van der Waals surface area contributed by atoms with Crippen LogP contribution in [0.4, 0.5) is 4.39 Å². The van der Waals surface area contributed by atoms with Gasteiger partial charge in [-0.05, 0) is 97.2 Å². The fourth-order valence-electron chi connectivity index (χ4n) is 6.68. The first-order valence-corrected chi connectivity index (χ1v) is 14.2. The van der Waals surface area contributed by atoms with E-state index in [4.69, 9.17) is 4.84 Å². The van der Waals surface area contributed by atoms with Crippen LogP contribution in [0.25, 0.3) is 11.1 Å². The molecule has 1 spiro atoms. The third-order valence-electron chi connectivity index (χ3n) is 9.43. The smallest absolute Gasteiger partial charge is 0.309 e. The Morgan fingerprint density at radius 1 is 1.05 bits per heavy atom. The summed E-state index contributed by atoms with van der Waals surface area (Å²) in [5, 5.41) is 14.0. The molecule has 0 radical (unpaired) electrons. The molecule has 2 saturated carbocycles. The van der Waals surface area contributed by atoms with Gasteiger partial charge < -0.3 is 14.8 Å².